The van der Waals surface area contributed by atoms with Crippen LogP contribution in [-0.2, 0) is 9.16 Å². The summed E-state index contributed by atoms with van der Waals surface area (Å²) in [6.45, 7) is 21.4. The van der Waals surface area contributed by atoms with Crippen molar-refractivity contribution in [1.82, 2.24) is 0 Å². The molecule has 0 aliphatic heterocycles. The van der Waals surface area contributed by atoms with E-state index in [-0.39, 0.29) is 16.6 Å². The van der Waals surface area contributed by atoms with Crippen LogP contribution in [-0.4, -0.2) is 27.6 Å². The topological polar surface area (TPSA) is 18.5 Å². The molecule has 2 rings (SSSR count). The van der Waals surface area contributed by atoms with Gasteiger partial charge < -0.3 is 9.16 Å². The van der Waals surface area contributed by atoms with Crippen LogP contribution < -0.4 is 0 Å². The lowest BCUT2D eigenvalue weighted by Gasteiger charge is -2.39. The molecule has 0 aliphatic carbocycles. The molecule has 0 saturated carbocycles. The molecule has 0 aliphatic rings. The van der Waals surface area contributed by atoms with Crippen molar-refractivity contribution in [2.24, 2.45) is 5.41 Å². The van der Waals surface area contributed by atoms with E-state index in [1.807, 2.05) is 6.08 Å². The predicted molar refractivity (Wildman–Crippen MR) is 141 cm³/mol. The van der Waals surface area contributed by atoms with Gasteiger partial charge in [-0.3, -0.25) is 0 Å². The molecule has 2 nitrogen and oxygen atoms in total. The van der Waals surface area contributed by atoms with Gasteiger partial charge in [-0.05, 0) is 47.5 Å². The van der Waals surface area contributed by atoms with Crippen molar-refractivity contribution in [2.75, 3.05) is 13.2 Å². The molecule has 2 aromatic rings. The average molecular weight is 453 g/mol. The van der Waals surface area contributed by atoms with Crippen molar-refractivity contribution in [3.05, 3.63) is 84.4 Å². The third kappa shape index (κ3) is 7.43. The first-order valence-corrected chi connectivity index (χ1v) is 14.8. The molecule has 0 spiro atoms. The molecule has 1 unspecified atom stereocenters. The van der Waals surface area contributed by atoms with Gasteiger partial charge in [-0.2, -0.15) is 0 Å². The van der Waals surface area contributed by atoms with Crippen LogP contribution in [0.15, 0.2) is 73.3 Å². The van der Waals surface area contributed by atoms with E-state index >= 15 is 0 Å². The van der Waals surface area contributed by atoms with E-state index in [0.29, 0.717) is 12.5 Å². The normalized spacial score (nSPS) is 13.9. The molecule has 1 atom stereocenters. The van der Waals surface area contributed by atoms with Crippen LogP contribution in [0.25, 0.3) is 0 Å². The molecule has 0 amide bonds. The number of ether oxygens (including phenoxy) is 1. The Labute approximate surface area is 198 Å². The van der Waals surface area contributed by atoms with Crippen LogP contribution in [0, 0.1) is 5.41 Å². The van der Waals surface area contributed by atoms with E-state index in [2.05, 4.69) is 115 Å². The Morgan fingerprint density at radius 1 is 0.875 bits per heavy atom. The molecule has 0 aromatic heterocycles. The average Bonchev–Trinajstić information content (AvgIpc) is 2.72. The summed E-state index contributed by atoms with van der Waals surface area (Å²) in [5, 5.41) is 0.218. The number of benzene rings is 2. The van der Waals surface area contributed by atoms with Gasteiger partial charge in [0, 0.05) is 12.5 Å². The zero-order valence-electron chi connectivity index (χ0n) is 21.4. The summed E-state index contributed by atoms with van der Waals surface area (Å²) in [6, 6.07) is 21.7. The monoisotopic (exact) mass is 452 g/mol. The van der Waals surface area contributed by atoms with E-state index in [1.54, 1.807) is 0 Å². The van der Waals surface area contributed by atoms with Crippen LogP contribution in [0.3, 0.4) is 0 Å². The van der Waals surface area contributed by atoms with Crippen molar-refractivity contribution in [1.29, 1.82) is 0 Å². The van der Waals surface area contributed by atoms with Crippen molar-refractivity contribution in [3.63, 3.8) is 0 Å². The molecule has 3 heteroatoms. The highest BCUT2D eigenvalue weighted by atomic mass is 28.4. The zero-order valence-corrected chi connectivity index (χ0v) is 22.4. The highest BCUT2D eigenvalue weighted by Gasteiger charge is 2.38. The standard InChI is InChI=1S/C29H44O2Si/c1-9-21-30-26(20-22-31-32(7,8)28(2,3)4)23-29(5,6)27(24-16-12-10-13-17-24)25-18-14-11-15-19-25/h9-19,26-27H,1,20-23H2,2-8H3. The Bertz CT molecular complexity index is 767. The summed E-state index contributed by atoms with van der Waals surface area (Å²) in [5.41, 5.74) is 2.71. The highest BCUT2D eigenvalue weighted by Crippen LogP contribution is 2.45. The van der Waals surface area contributed by atoms with E-state index in [4.69, 9.17) is 9.16 Å². The lowest BCUT2D eigenvalue weighted by molar-refractivity contribution is 0.0203. The van der Waals surface area contributed by atoms with Crippen molar-refractivity contribution >= 4 is 8.32 Å². The Kier molecular flexibility index (Phi) is 9.50. The summed E-state index contributed by atoms with van der Waals surface area (Å²) in [5.74, 6) is 0.293. The number of hydrogen-bond acceptors (Lipinski definition) is 2. The SMILES string of the molecule is C=CCOC(CCO[Si](C)(C)C(C)(C)C)CC(C)(C)C(c1ccccc1)c1ccccc1. The van der Waals surface area contributed by atoms with E-state index in [0.717, 1.165) is 19.4 Å². The van der Waals surface area contributed by atoms with Crippen LogP contribution in [0.4, 0.5) is 0 Å². The first-order chi connectivity index (χ1) is 15.0. The smallest absolute Gasteiger partial charge is 0.191 e. The molecule has 0 N–H and O–H groups in total. The molecule has 176 valence electrons. The van der Waals surface area contributed by atoms with Crippen LogP contribution in [0.2, 0.25) is 18.1 Å². The maximum Gasteiger partial charge on any atom is 0.191 e. The molecular weight excluding hydrogens is 408 g/mol. The summed E-state index contributed by atoms with van der Waals surface area (Å²) in [4.78, 5) is 0. The minimum absolute atomic E-state index is 0.00547. The minimum atomic E-state index is -1.76. The second kappa shape index (κ2) is 11.4. The second-order valence-electron chi connectivity index (χ2n) is 11.1. The first-order valence-electron chi connectivity index (χ1n) is 11.9. The van der Waals surface area contributed by atoms with Crippen LogP contribution >= 0.6 is 0 Å². The minimum Gasteiger partial charge on any atom is -0.417 e. The summed E-state index contributed by atoms with van der Waals surface area (Å²) < 4.78 is 12.7. The molecule has 0 fully saturated rings. The molecule has 0 saturated heterocycles. The van der Waals surface area contributed by atoms with Gasteiger partial charge in [0.2, 0.25) is 0 Å². The highest BCUT2D eigenvalue weighted by molar-refractivity contribution is 6.74. The molecule has 32 heavy (non-hydrogen) atoms. The Morgan fingerprint density at radius 3 is 1.81 bits per heavy atom. The van der Waals surface area contributed by atoms with Crippen LogP contribution in [0.1, 0.15) is 64.5 Å². The molecular formula is C29H44O2Si. The third-order valence-corrected chi connectivity index (χ3v) is 11.5. The largest absolute Gasteiger partial charge is 0.417 e. The number of hydrogen-bond donors (Lipinski definition) is 0. The fourth-order valence-electron chi connectivity index (χ4n) is 4.20. The van der Waals surface area contributed by atoms with Gasteiger partial charge in [0.05, 0.1) is 12.7 Å². The van der Waals surface area contributed by atoms with Gasteiger partial charge in [-0.1, -0.05) is 101 Å². The third-order valence-electron chi connectivity index (χ3n) is 6.96. The molecule has 0 heterocycles. The van der Waals surface area contributed by atoms with Gasteiger partial charge in [0.25, 0.3) is 0 Å². The molecule has 0 bridgehead atoms. The first kappa shape index (κ1) is 26.6. The summed E-state index contributed by atoms with van der Waals surface area (Å²) >= 11 is 0. The quantitative estimate of drug-likeness (QED) is 0.238. The van der Waals surface area contributed by atoms with E-state index < -0.39 is 8.32 Å². The predicted octanol–water partition coefficient (Wildman–Crippen LogP) is 8.22. The van der Waals surface area contributed by atoms with E-state index in [1.165, 1.54) is 11.1 Å². The second-order valence-corrected chi connectivity index (χ2v) is 15.9. The van der Waals surface area contributed by atoms with Crippen molar-refractivity contribution in [3.8, 4) is 0 Å². The Balaban J connectivity index is 2.22. The number of rotatable bonds is 12. The Morgan fingerprint density at radius 2 is 1.38 bits per heavy atom. The van der Waals surface area contributed by atoms with Gasteiger partial charge in [0.15, 0.2) is 8.32 Å². The lowest BCUT2D eigenvalue weighted by Crippen LogP contribution is -2.41. The summed E-state index contributed by atoms with van der Waals surface area (Å²) in [6.07, 6.45) is 3.83. The summed E-state index contributed by atoms with van der Waals surface area (Å²) in [7, 11) is -1.76. The zero-order chi connectivity index (χ0) is 23.8. The fraction of sp³-hybridized carbons (Fsp3) is 0.517. The van der Waals surface area contributed by atoms with Crippen molar-refractivity contribution in [2.45, 2.75) is 77.6 Å². The molecule has 0 radical (unpaired) electrons. The molecule has 2 aromatic carbocycles. The van der Waals surface area contributed by atoms with Gasteiger partial charge in [-0.25, -0.2) is 0 Å². The fourth-order valence-corrected chi connectivity index (χ4v) is 5.26. The maximum atomic E-state index is 6.48. The van der Waals surface area contributed by atoms with E-state index in [9.17, 15) is 0 Å². The van der Waals surface area contributed by atoms with Gasteiger partial charge >= 0.3 is 0 Å². The van der Waals surface area contributed by atoms with Gasteiger partial charge in [-0.15, -0.1) is 6.58 Å². The maximum absolute atomic E-state index is 6.48. The van der Waals surface area contributed by atoms with Crippen LogP contribution in [0.5, 0.6) is 0 Å². The lowest BCUT2D eigenvalue weighted by atomic mass is 9.68. The van der Waals surface area contributed by atoms with Gasteiger partial charge in [0.1, 0.15) is 0 Å². The van der Waals surface area contributed by atoms with Crippen molar-refractivity contribution < 1.29 is 9.16 Å². The Hall–Kier alpha value is -1.68.